The van der Waals surface area contributed by atoms with Crippen LogP contribution in [0.15, 0.2) is 11.4 Å². The van der Waals surface area contributed by atoms with Crippen molar-refractivity contribution in [2.75, 3.05) is 13.1 Å². The number of likely N-dealkylation sites (tertiary alicyclic amines) is 1. The zero-order chi connectivity index (χ0) is 12.3. The van der Waals surface area contributed by atoms with Crippen LogP contribution >= 0.6 is 33.9 Å². The molecule has 1 fully saturated rings. The Morgan fingerprint density at radius 3 is 2.76 bits per heavy atom. The molecule has 0 saturated carbocycles. The van der Waals surface area contributed by atoms with Gasteiger partial charge in [0, 0.05) is 18.5 Å². The van der Waals surface area contributed by atoms with E-state index in [0.717, 1.165) is 24.6 Å². The average Bonchev–Trinajstić information content (AvgIpc) is 2.76. The largest absolute Gasteiger partial charge is 0.339 e. The molecule has 0 radical (unpaired) electrons. The van der Waals surface area contributed by atoms with E-state index < -0.39 is 0 Å². The molecule has 17 heavy (non-hydrogen) atoms. The minimum Gasteiger partial charge on any atom is -0.339 e. The van der Waals surface area contributed by atoms with Gasteiger partial charge < -0.3 is 4.90 Å². The summed E-state index contributed by atoms with van der Waals surface area (Å²) in [6.45, 7) is 4.12. The first-order chi connectivity index (χ1) is 8.20. The van der Waals surface area contributed by atoms with Crippen LogP contribution in [0, 0.1) is 8.80 Å². The molecule has 0 N–H and O–H groups in total. The molecule has 0 aromatic carbocycles. The van der Waals surface area contributed by atoms with E-state index in [2.05, 4.69) is 29.5 Å². The summed E-state index contributed by atoms with van der Waals surface area (Å²) in [6, 6.07) is 1.99. The van der Waals surface area contributed by atoms with Crippen LogP contribution < -0.4 is 0 Å². The highest BCUT2D eigenvalue weighted by Gasteiger charge is 2.23. The minimum atomic E-state index is 0.221. The predicted octanol–water partition coefficient (Wildman–Crippen LogP) is 4.01. The number of thiophene rings is 1. The second-order valence-electron chi connectivity index (χ2n) is 4.66. The van der Waals surface area contributed by atoms with E-state index >= 15 is 0 Å². The van der Waals surface area contributed by atoms with Crippen LogP contribution in [-0.4, -0.2) is 23.9 Å². The fourth-order valence-electron chi connectivity index (χ4n) is 2.44. The van der Waals surface area contributed by atoms with Crippen molar-refractivity contribution in [3.8, 4) is 0 Å². The molecule has 1 aliphatic heterocycles. The molecular weight excluding hydrogens is 345 g/mol. The summed E-state index contributed by atoms with van der Waals surface area (Å²) in [7, 11) is 0. The van der Waals surface area contributed by atoms with Crippen molar-refractivity contribution in [2.24, 2.45) is 5.92 Å². The van der Waals surface area contributed by atoms with Crippen LogP contribution in [0.1, 0.15) is 43.0 Å². The standard InChI is InChI=1S/C13H18INOS/c1-2-3-10-4-6-15(7-5-10)13(16)11-8-12(14)17-9-11/h8-10H,2-7H2,1H3. The molecule has 1 saturated heterocycles. The Morgan fingerprint density at radius 1 is 1.53 bits per heavy atom. The molecule has 2 heterocycles. The lowest BCUT2D eigenvalue weighted by molar-refractivity contribution is 0.0687. The van der Waals surface area contributed by atoms with Gasteiger partial charge in [-0.05, 0) is 47.4 Å². The zero-order valence-electron chi connectivity index (χ0n) is 10.1. The molecule has 4 heteroatoms. The van der Waals surface area contributed by atoms with Gasteiger partial charge in [0.25, 0.3) is 5.91 Å². The third kappa shape index (κ3) is 3.44. The van der Waals surface area contributed by atoms with Crippen LogP contribution in [0.2, 0.25) is 0 Å². The molecule has 0 atom stereocenters. The number of rotatable bonds is 3. The molecule has 1 amide bonds. The van der Waals surface area contributed by atoms with Crippen molar-refractivity contribution in [3.63, 3.8) is 0 Å². The first-order valence-corrected chi connectivity index (χ1v) is 8.20. The van der Waals surface area contributed by atoms with Crippen molar-refractivity contribution in [3.05, 3.63) is 19.9 Å². The average molecular weight is 363 g/mol. The van der Waals surface area contributed by atoms with E-state index in [0.29, 0.717) is 0 Å². The lowest BCUT2D eigenvalue weighted by Gasteiger charge is -2.31. The maximum atomic E-state index is 12.2. The van der Waals surface area contributed by atoms with Crippen molar-refractivity contribution >= 4 is 39.8 Å². The van der Waals surface area contributed by atoms with Crippen molar-refractivity contribution in [1.82, 2.24) is 4.90 Å². The molecule has 1 aromatic rings. The smallest absolute Gasteiger partial charge is 0.254 e. The Kier molecular flexibility index (Phi) is 4.85. The molecular formula is C13H18INOS. The van der Waals surface area contributed by atoms with Gasteiger partial charge in [-0.2, -0.15) is 0 Å². The maximum absolute atomic E-state index is 12.2. The van der Waals surface area contributed by atoms with Crippen LogP contribution in [0.25, 0.3) is 0 Å². The molecule has 0 unspecified atom stereocenters. The van der Waals surface area contributed by atoms with Gasteiger partial charge in [0.15, 0.2) is 0 Å². The second-order valence-corrected chi connectivity index (χ2v) is 7.47. The SMILES string of the molecule is CCCC1CCN(C(=O)c2csc(I)c2)CC1. The third-order valence-electron chi connectivity index (χ3n) is 3.41. The minimum absolute atomic E-state index is 0.221. The highest BCUT2D eigenvalue weighted by molar-refractivity contribution is 14.1. The topological polar surface area (TPSA) is 20.3 Å². The van der Waals surface area contributed by atoms with E-state index in [9.17, 15) is 4.79 Å². The van der Waals surface area contributed by atoms with E-state index in [1.165, 1.54) is 28.6 Å². The molecule has 0 spiro atoms. The Hall–Kier alpha value is -0.100. The van der Waals surface area contributed by atoms with Crippen LogP contribution in [0.5, 0.6) is 0 Å². The molecule has 2 nitrogen and oxygen atoms in total. The molecule has 94 valence electrons. The van der Waals surface area contributed by atoms with Crippen LogP contribution in [0.4, 0.5) is 0 Å². The highest BCUT2D eigenvalue weighted by atomic mass is 127. The number of piperidine rings is 1. The predicted molar refractivity (Wildman–Crippen MR) is 80.6 cm³/mol. The fraction of sp³-hybridized carbons (Fsp3) is 0.615. The summed E-state index contributed by atoms with van der Waals surface area (Å²) in [5.41, 5.74) is 0.869. The number of carbonyl (C=O) groups excluding carboxylic acids is 1. The number of nitrogens with zero attached hydrogens (tertiary/aromatic N) is 1. The second kappa shape index (κ2) is 6.18. The Bertz CT molecular complexity index is 383. The molecule has 1 aliphatic rings. The summed E-state index contributed by atoms with van der Waals surface area (Å²) < 4.78 is 1.19. The third-order valence-corrected chi connectivity index (χ3v) is 5.20. The fourth-order valence-corrected chi connectivity index (χ4v) is 3.76. The number of carbonyl (C=O) groups is 1. The highest BCUT2D eigenvalue weighted by Crippen LogP contribution is 2.24. The Labute approximate surface area is 121 Å². The van der Waals surface area contributed by atoms with Gasteiger partial charge in [-0.1, -0.05) is 19.8 Å². The van der Waals surface area contributed by atoms with Gasteiger partial charge in [0.1, 0.15) is 0 Å². The number of amides is 1. The monoisotopic (exact) mass is 363 g/mol. The molecule has 0 bridgehead atoms. The van der Waals surface area contributed by atoms with Gasteiger partial charge in [-0.25, -0.2) is 0 Å². The summed E-state index contributed by atoms with van der Waals surface area (Å²) in [5, 5.41) is 1.97. The quantitative estimate of drug-likeness (QED) is 0.744. The lowest BCUT2D eigenvalue weighted by Crippen LogP contribution is -2.38. The molecule has 0 aliphatic carbocycles. The van der Waals surface area contributed by atoms with Crippen molar-refractivity contribution in [2.45, 2.75) is 32.6 Å². The zero-order valence-corrected chi connectivity index (χ0v) is 13.1. The van der Waals surface area contributed by atoms with E-state index in [-0.39, 0.29) is 5.91 Å². The van der Waals surface area contributed by atoms with Crippen LogP contribution in [0.3, 0.4) is 0 Å². The number of halogens is 1. The normalized spacial score (nSPS) is 17.4. The molecule has 1 aromatic heterocycles. The summed E-state index contributed by atoms with van der Waals surface area (Å²) >= 11 is 3.91. The lowest BCUT2D eigenvalue weighted by atomic mass is 9.92. The summed E-state index contributed by atoms with van der Waals surface area (Å²) in [5.74, 6) is 1.06. The summed E-state index contributed by atoms with van der Waals surface area (Å²) in [4.78, 5) is 14.2. The van der Waals surface area contributed by atoms with Gasteiger partial charge in [-0.3, -0.25) is 4.79 Å². The first kappa shape index (κ1) is 13.3. The van der Waals surface area contributed by atoms with E-state index in [1.807, 2.05) is 16.3 Å². The Balaban J connectivity index is 1.90. The van der Waals surface area contributed by atoms with E-state index in [1.54, 1.807) is 11.3 Å². The van der Waals surface area contributed by atoms with Crippen LogP contribution in [-0.2, 0) is 0 Å². The van der Waals surface area contributed by atoms with Gasteiger partial charge in [0.05, 0.1) is 8.45 Å². The number of hydrogen-bond acceptors (Lipinski definition) is 2. The van der Waals surface area contributed by atoms with Crippen molar-refractivity contribution in [1.29, 1.82) is 0 Å². The maximum Gasteiger partial charge on any atom is 0.254 e. The van der Waals surface area contributed by atoms with Gasteiger partial charge >= 0.3 is 0 Å². The van der Waals surface area contributed by atoms with Crippen molar-refractivity contribution < 1.29 is 4.79 Å². The number of hydrogen-bond donors (Lipinski definition) is 0. The first-order valence-electron chi connectivity index (χ1n) is 6.24. The van der Waals surface area contributed by atoms with Gasteiger partial charge in [0.2, 0.25) is 0 Å². The van der Waals surface area contributed by atoms with E-state index in [4.69, 9.17) is 0 Å². The summed E-state index contributed by atoms with van der Waals surface area (Å²) in [6.07, 6.45) is 4.95. The Morgan fingerprint density at radius 2 is 2.24 bits per heavy atom. The van der Waals surface area contributed by atoms with Gasteiger partial charge in [-0.15, -0.1) is 11.3 Å². The molecule has 2 rings (SSSR count).